The molecule has 2 aromatic heterocycles. The number of carbonyl (C=O) groups is 1. The Morgan fingerprint density at radius 3 is 2.72 bits per heavy atom. The second-order valence-electron chi connectivity index (χ2n) is 7.00. The van der Waals surface area contributed by atoms with Gasteiger partial charge in [0.1, 0.15) is 5.69 Å². The van der Waals surface area contributed by atoms with Crippen molar-refractivity contribution in [1.29, 1.82) is 0 Å². The molecule has 2 saturated carbocycles. The molecule has 0 spiro atoms. The minimum atomic E-state index is -3.70. The molecule has 25 heavy (non-hydrogen) atoms. The molecule has 2 aromatic rings. The first-order valence-corrected chi connectivity index (χ1v) is 9.87. The number of aryl methyl sites for hydroxylation is 1. The van der Waals surface area contributed by atoms with Gasteiger partial charge < -0.3 is 0 Å². The Morgan fingerprint density at radius 1 is 1.32 bits per heavy atom. The molecule has 3 atom stereocenters. The van der Waals surface area contributed by atoms with Crippen LogP contribution in [-0.4, -0.2) is 44.3 Å². The molecule has 9 nitrogen and oxygen atoms in total. The summed E-state index contributed by atoms with van der Waals surface area (Å²) in [5.41, 5.74) is 1.13. The van der Waals surface area contributed by atoms with Gasteiger partial charge in [0.25, 0.3) is 5.91 Å². The Hall–Kier alpha value is -2.23. The molecule has 0 aromatic carbocycles. The summed E-state index contributed by atoms with van der Waals surface area (Å²) in [7, 11) is -1.93. The second kappa shape index (κ2) is 5.65. The third-order valence-corrected chi connectivity index (χ3v) is 7.20. The highest BCUT2D eigenvalue weighted by Gasteiger charge is 2.46. The van der Waals surface area contributed by atoms with E-state index < -0.39 is 21.2 Å². The number of nitrogens with zero attached hydrogens (tertiary/aromatic N) is 5. The van der Waals surface area contributed by atoms with E-state index >= 15 is 0 Å². The van der Waals surface area contributed by atoms with Crippen molar-refractivity contribution in [2.75, 3.05) is 0 Å². The van der Waals surface area contributed by atoms with Gasteiger partial charge in [-0.05, 0) is 38.0 Å². The van der Waals surface area contributed by atoms with Crippen LogP contribution in [0.3, 0.4) is 0 Å². The van der Waals surface area contributed by atoms with Gasteiger partial charge in [0, 0.05) is 7.05 Å². The fourth-order valence-electron chi connectivity index (χ4n) is 4.12. The Kier molecular flexibility index (Phi) is 3.67. The van der Waals surface area contributed by atoms with Gasteiger partial charge in [0.2, 0.25) is 10.0 Å². The molecule has 2 fully saturated rings. The minimum absolute atomic E-state index is 0.00980. The van der Waals surface area contributed by atoms with Crippen molar-refractivity contribution in [3.05, 3.63) is 23.8 Å². The van der Waals surface area contributed by atoms with Crippen molar-refractivity contribution in [3.63, 3.8) is 0 Å². The summed E-state index contributed by atoms with van der Waals surface area (Å²) in [6, 6.07) is 0. The highest BCUT2D eigenvalue weighted by atomic mass is 32.2. The van der Waals surface area contributed by atoms with E-state index in [9.17, 15) is 13.2 Å². The average molecular weight is 364 g/mol. The SMILES string of the molecule is Cc1c(C(=O)NS(=O)(=O)C2C[C@@H]3CC[C@H]2C3)nnn1-c1cnn(C)c1. The molecule has 1 amide bonds. The summed E-state index contributed by atoms with van der Waals surface area (Å²) in [5.74, 6) is -0.0762. The van der Waals surface area contributed by atoms with E-state index in [0.29, 0.717) is 23.7 Å². The highest BCUT2D eigenvalue weighted by molar-refractivity contribution is 7.90. The summed E-state index contributed by atoms with van der Waals surface area (Å²) >= 11 is 0. The third kappa shape index (κ3) is 2.74. The normalized spacial score (nSPS) is 25.4. The Balaban J connectivity index is 1.54. The van der Waals surface area contributed by atoms with Gasteiger partial charge in [-0.25, -0.2) is 17.8 Å². The van der Waals surface area contributed by atoms with Crippen molar-refractivity contribution < 1.29 is 13.2 Å². The number of sulfonamides is 1. The summed E-state index contributed by atoms with van der Waals surface area (Å²) in [6.07, 6.45) is 6.96. The molecular weight excluding hydrogens is 344 g/mol. The van der Waals surface area contributed by atoms with Gasteiger partial charge in [0.05, 0.1) is 23.3 Å². The quantitative estimate of drug-likeness (QED) is 0.848. The molecule has 134 valence electrons. The molecule has 2 aliphatic rings. The van der Waals surface area contributed by atoms with Crippen LogP contribution in [0.1, 0.15) is 41.9 Å². The number of nitrogens with one attached hydrogen (secondary N) is 1. The third-order valence-electron chi connectivity index (χ3n) is 5.35. The topological polar surface area (TPSA) is 112 Å². The zero-order valence-electron chi connectivity index (χ0n) is 14.1. The van der Waals surface area contributed by atoms with Gasteiger partial charge in [-0.3, -0.25) is 9.48 Å². The van der Waals surface area contributed by atoms with Gasteiger partial charge in [-0.15, -0.1) is 5.10 Å². The molecular formula is C15H20N6O3S. The number of fused-ring (bicyclic) bond motifs is 2. The average Bonchev–Trinajstić information content (AvgIpc) is 3.30. The molecule has 2 aliphatic carbocycles. The lowest BCUT2D eigenvalue weighted by Gasteiger charge is -2.21. The summed E-state index contributed by atoms with van der Waals surface area (Å²) in [5, 5.41) is 11.4. The standard InChI is InChI=1S/C15H20N6O3S/c1-9-14(17-19-21(9)12-7-16-20(2)8-12)15(22)18-25(23,24)13-6-10-3-4-11(13)5-10/h7-8,10-11,13H,3-6H2,1-2H3,(H,18,22)/t10-,11+,13?/m1/s1. The van der Waals surface area contributed by atoms with Crippen LogP contribution < -0.4 is 4.72 Å². The van der Waals surface area contributed by atoms with E-state index in [4.69, 9.17) is 0 Å². The fraction of sp³-hybridized carbons (Fsp3) is 0.600. The molecule has 0 radical (unpaired) electrons. The van der Waals surface area contributed by atoms with E-state index in [1.807, 2.05) is 0 Å². The number of hydrogen-bond donors (Lipinski definition) is 1. The van der Waals surface area contributed by atoms with Crippen LogP contribution in [0.2, 0.25) is 0 Å². The summed E-state index contributed by atoms with van der Waals surface area (Å²) in [6.45, 7) is 1.67. The molecule has 4 rings (SSSR count). The first-order valence-electron chi connectivity index (χ1n) is 8.32. The predicted octanol–water partition coefficient (Wildman–Crippen LogP) is 0.557. The van der Waals surface area contributed by atoms with Crippen LogP contribution >= 0.6 is 0 Å². The predicted molar refractivity (Wildman–Crippen MR) is 88.5 cm³/mol. The van der Waals surface area contributed by atoms with Gasteiger partial charge in [-0.1, -0.05) is 11.6 Å². The Labute approximate surface area is 145 Å². The first-order chi connectivity index (χ1) is 11.8. The van der Waals surface area contributed by atoms with Crippen LogP contribution in [0.25, 0.3) is 5.69 Å². The molecule has 1 unspecified atom stereocenters. The van der Waals surface area contributed by atoms with Gasteiger partial charge >= 0.3 is 0 Å². The van der Waals surface area contributed by atoms with Crippen molar-refractivity contribution >= 4 is 15.9 Å². The zero-order valence-corrected chi connectivity index (χ0v) is 14.9. The van der Waals surface area contributed by atoms with Crippen molar-refractivity contribution in [3.8, 4) is 5.69 Å². The fourth-order valence-corrected chi connectivity index (χ4v) is 5.91. The smallest absolute Gasteiger partial charge is 0.274 e. The highest BCUT2D eigenvalue weighted by Crippen LogP contribution is 2.47. The lowest BCUT2D eigenvalue weighted by atomic mass is 10.0. The minimum Gasteiger partial charge on any atom is -0.274 e. The van der Waals surface area contributed by atoms with Crippen LogP contribution in [0.15, 0.2) is 12.4 Å². The van der Waals surface area contributed by atoms with Crippen LogP contribution in [0.4, 0.5) is 0 Å². The number of aromatic nitrogens is 5. The lowest BCUT2D eigenvalue weighted by molar-refractivity contribution is 0.0975. The monoisotopic (exact) mass is 364 g/mol. The zero-order chi connectivity index (χ0) is 17.8. The maximum absolute atomic E-state index is 12.6. The summed E-state index contributed by atoms with van der Waals surface area (Å²) < 4.78 is 30.5. The number of amides is 1. The van der Waals surface area contributed by atoms with E-state index in [0.717, 1.165) is 19.3 Å². The lowest BCUT2D eigenvalue weighted by Crippen LogP contribution is -2.41. The van der Waals surface area contributed by atoms with Crippen molar-refractivity contribution in [2.45, 2.75) is 37.9 Å². The molecule has 0 aliphatic heterocycles. The van der Waals surface area contributed by atoms with Crippen molar-refractivity contribution in [2.24, 2.45) is 18.9 Å². The van der Waals surface area contributed by atoms with Gasteiger partial charge in [-0.2, -0.15) is 5.10 Å². The first kappa shape index (κ1) is 16.2. The van der Waals surface area contributed by atoms with Crippen LogP contribution in [0, 0.1) is 18.8 Å². The van der Waals surface area contributed by atoms with E-state index in [1.165, 1.54) is 4.68 Å². The van der Waals surface area contributed by atoms with E-state index in [2.05, 4.69) is 20.1 Å². The van der Waals surface area contributed by atoms with Gasteiger partial charge in [0.15, 0.2) is 5.69 Å². The van der Waals surface area contributed by atoms with Crippen LogP contribution in [-0.2, 0) is 17.1 Å². The largest absolute Gasteiger partial charge is 0.287 e. The molecule has 10 heteroatoms. The molecule has 1 N–H and O–H groups in total. The van der Waals surface area contributed by atoms with E-state index in [-0.39, 0.29) is 11.6 Å². The van der Waals surface area contributed by atoms with Crippen LogP contribution in [0.5, 0.6) is 0 Å². The molecule has 2 heterocycles. The number of hydrogen-bond acceptors (Lipinski definition) is 6. The summed E-state index contributed by atoms with van der Waals surface area (Å²) in [4.78, 5) is 12.5. The Morgan fingerprint density at radius 2 is 2.12 bits per heavy atom. The van der Waals surface area contributed by atoms with E-state index in [1.54, 1.807) is 31.0 Å². The second-order valence-corrected chi connectivity index (χ2v) is 8.90. The number of rotatable bonds is 4. The molecule has 2 bridgehead atoms. The maximum Gasteiger partial charge on any atom is 0.287 e. The number of carbonyl (C=O) groups excluding carboxylic acids is 1. The molecule has 0 saturated heterocycles. The van der Waals surface area contributed by atoms with Crippen molar-refractivity contribution in [1.82, 2.24) is 29.5 Å². The maximum atomic E-state index is 12.6. The Bertz CT molecular complexity index is 931.